The predicted molar refractivity (Wildman–Crippen MR) is 134 cm³/mol. The summed E-state index contributed by atoms with van der Waals surface area (Å²) < 4.78 is 27.6. The number of rotatable bonds is 5. The second kappa shape index (κ2) is 9.00. The van der Waals surface area contributed by atoms with E-state index in [1.807, 2.05) is 12.1 Å². The molecule has 0 bridgehead atoms. The molecule has 0 saturated carbocycles. The minimum Gasteiger partial charge on any atom is -0.459 e. The van der Waals surface area contributed by atoms with Gasteiger partial charge in [0.05, 0.1) is 24.8 Å². The minimum atomic E-state index is -2.56. The standard InChI is InChI=1S/C25H41NO4Si2/c1-16(2)31(17(3)4)27-15-22-25(29-32(30-31,18(5)6)19(7)8)14-21(26-22)24-13-20-11-9-10-12-23(20)28-24/h9-13,16-19,21-22,25-26H,14-15H2,1-8H3/t21?,22-,25-/m0/s1. The van der Waals surface area contributed by atoms with Gasteiger partial charge in [-0.25, -0.2) is 0 Å². The maximum absolute atomic E-state index is 7.29. The van der Waals surface area contributed by atoms with Crippen molar-refractivity contribution in [3.63, 3.8) is 0 Å². The fraction of sp³-hybridized carbons (Fsp3) is 0.680. The molecule has 1 N–H and O–H groups in total. The molecular weight excluding hydrogens is 434 g/mol. The number of para-hydroxylation sites is 1. The molecule has 178 valence electrons. The van der Waals surface area contributed by atoms with Crippen LogP contribution < -0.4 is 5.32 Å². The number of nitrogens with one attached hydrogen (secondary N) is 1. The molecule has 1 aromatic heterocycles. The van der Waals surface area contributed by atoms with Gasteiger partial charge in [-0.2, -0.15) is 0 Å². The molecule has 0 radical (unpaired) electrons. The van der Waals surface area contributed by atoms with E-state index < -0.39 is 17.1 Å². The Hall–Kier alpha value is -0.966. The molecule has 7 heteroatoms. The highest BCUT2D eigenvalue weighted by Gasteiger charge is 2.59. The summed E-state index contributed by atoms with van der Waals surface area (Å²) in [5, 5.41) is 4.96. The Kier molecular flexibility index (Phi) is 6.80. The first-order valence-electron chi connectivity index (χ1n) is 12.4. The van der Waals surface area contributed by atoms with Crippen molar-refractivity contribution in [3.8, 4) is 0 Å². The Bertz CT molecular complexity index is 877. The normalized spacial score (nSPS) is 27.9. The summed E-state index contributed by atoms with van der Waals surface area (Å²) in [6.45, 7) is 18.8. The molecule has 1 aromatic carbocycles. The summed E-state index contributed by atoms with van der Waals surface area (Å²) >= 11 is 0. The van der Waals surface area contributed by atoms with Crippen LogP contribution in [0.1, 0.15) is 73.6 Å². The largest absolute Gasteiger partial charge is 0.459 e. The fourth-order valence-electron chi connectivity index (χ4n) is 5.66. The predicted octanol–water partition coefficient (Wildman–Crippen LogP) is 6.79. The zero-order valence-corrected chi connectivity index (χ0v) is 23.0. The average Bonchev–Trinajstić information content (AvgIpc) is 3.31. The molecule has 2 fully saturated rings. The first-order chi connectivity index (χ1) is 15.1. The minimum absolute atomic E-state index is 0.0657. The number of hydrogen-bond acceptors (Lipinski definition) is 5. The molecule has 3 heterocycles. The number of furan rings is 1. The maximum Gasteiger partial charge on any atom is 0.335 e. The van der Waals surface area contributed by atoms with Crippen molar-refractivity contribution in [2.45, 2.75) is 102 Å². The van der Waals surface area contributed by atoms with Crippen LogP contribution in [0.3, 0.4) is 0 Å². The van der Waals surface area contributed by atoms with Crippen LogP contribution in [0.4, 0.5) is 0 Å². The lowest BCUT2D eigenvalue weighted by Crippen LogP contribution is -2.65. The highest BCUT2D eigenvalue weighted by molar-refractivity contribution is 6.83. The topological polar surface area (TPSA) is 52.9 Å². The summed E-state index contributed by atoms with van der Waals surface area (Å²) in [5.41, 5.74) is 2.35. The maximum atomic E-state index is 7.29. The molecule has 3 atom stereocenters. The molecule has 2 aromatic rings. The van der Waals surface area contributed by atoms with Crippen LogP contribution in [-0.2, 0) is 13.0 Å². The Morgan fingerprint density at radius 3 is 2.09 bits per heavy atom. The number of fused-ring (bicyclic) bond motifs is 2. The van der Waals surface area contributed by atoms with E-state index in [9.17, 15) is 0 Å². The zero-order valence-electron chi connectivity index (χ0n) is 21.0. The Balaban J connectivity index is 1.69. The number of benzene rings is 1. The van der Waals surface area contributed by atoms with Gasteiger partial charge in [0.25, 0.3) is 0 Å². The smallest absolute Gasteiger partial charge is 0.335 e. The molecule has 2 aliphatic heterocycles. The van der Waals surface area contributed by atoms with Crippen LogP contribution in [-0.4, -0.2) is 35.9 Å². The van der Waals surface area contributed by atoms with Crippen molar-refractivity contribution >= 4 is 28.1 Å². The summed E-state index contributed by atoms with van der Waals surface area (Å²) in [5.74, 6) is 0.986. The van der Waals surface area contributed by atoms with Crippen LogP contribution in [0.2, 0.25) is 22.2 Å². The van der Waals surface area contributed by atoms with E-state index in [-0.39, 0.29) is 18.2 Å². The quantitative estimate of drug-likeness (QED) is 0.482. The summed E-state index contributed by atoms with van der Waals surface area (Å²) in [6, 6.07) is 10.7. The van der Waals surface area contributed by atoms with Crippen molar-refractivity contribution in [3.05, 3.63) is 36.1 Å². The van der Waals surface area contributed by atoms with Crippen molar-refractivity contribution in [2.75, 3.05) is 6.61 Å². The van der Waals surface area contributed by atoms with Gasteiger partial charge in [-0.3, -0.25) is 5.32 Å². The van der Waals surface area contributed by atoms with Crippen LogP contribution in [0.25, 0.3) is 11.0 Å². The molecule has 5 nitrogen and oxygen atoms in total. The molecule has 0 amide bonds. The molecule has 4 rings (SSSR count). The number of hydrogen-bond donors (Lipinski definition) is 1. The third-order valence-electron chi connectivity index (χ3n) is 7.48. The summed E-state index contributed by atoms with van der Waals surface area (Å²) in [6.07, 6.45) is 0.944. The lowest BCUT2D eigenvalue weighted by Gasteiger charge is -2.51. The van der Waals surface area contributed by atoms with E-state index in [1.54, 1.807) is 0 Å². The summed E-state index contributed by atoms with van der Waals surface area (Å²) in [4.78, 5) is 0. The molecule has 32 heavy (non-hydrogen) atoms. The van der Waals surface area contributed by atoms with E-state index >= 15 is 0 Å². The van der Waals surface area contributed by atoms with Crippen LogP contribution in [0, 0.1) is 0 Å². The van der Waals surface area contributed by atoms with Gasteiger partial charge in [-0.05, 0) is 40.7 Å². The Labute approximate surface area is 195 Å². The second-order valence-corrected chi connectivity index (χ2v) is 19.7. The third-order valence-corrected chi connectivity index (χ3v) is 17.8. The third kappa shape index (κ3) is 4.05. The first kappa shape index (κ1) is 24.2. The average molecular weight is 476 g/mol. The van der Waals surface area contributed by atoms with Crippen molar-refractivity contribution in [2.24, 2.45) is 0 Å². The van der Waals surface area contributed by atoms with Gasteiger partial charge in [0.2, 0.25) is 0 Å². The summed E-state index contributed by atoms with van der Waals surface area (Å²) in [7, 11) is -5.06. The van der Waals surface area contributed by atoms with Gasteiger partial charge in [-0.1, -0.05) is 73.6 Å². The van der Waals surface area contributed by atoms with Crippen molar-refractivity contribution in [1.29, 1.82) is 0 Å². The lowest BCUT2D eigenvalue weighted by molar-refractivity contribution is 0.0579. The van der Waals surface area contributed by atoms with Gasteiger partial charge in [0.15, 0.2) is 0 Å². The Morgan fingerprint density at radius 2 is 1.50 bits per heavy atom. The van der Waals surface area contributed by atoms with Crippen molar-refractivity contribution < 1.29 is 17.4 Å². The monoisotopic (exact) mass is 475 g/mol. The van der Waals surface area contributed by atoms with E-state index in [0.29, 0.717) is 28.8 Å². The molecule has 0 spiro atoms. The molecule has 0 aliphatic carbocycles. The molecular formula is C25H41NO4Si2. The van der Waals surface area contributed by atoms with E-state index in [4.69, 9.17) is 17.4 Å². The SMILES string of the molecule is CC(C)[Si]1(C(C)C)OC[C@@H]2NC(c3cc4ccccc4o3)C[C@@H]2O[Si](C(C)C)(C(C)C)O1. The van der Waals surface area contributed by atoms with E-state index in [0.717, 1.165) is 23.2 Å². The Morgan fingerprint density at radius 1 is 0.875 bits per heavy atom. The van der Waals surface area contributed by atoms with Crippen LogP contribution >= 0.6 is 0 Å². The van der Waals surface area contributed by atoms with Gasteiger partial charge in [0.1, 0.15) is 11.3 Å². The van der Waals surface area contributed by atoms with Crippen molar-refractivity contribution in [1.82, 2.24) is 5.32 Å². The zero-order chi connectivity index (χ0) is 23.3. The fourth-order valence-corrected chi connectivity index (χ4v) is 16.9. The van der Waals surface area contributed by atoms with E-state index in [2.05, 4.69) is 78.9 Å². The van der Waals surface area contributed by atoms with E-state index in [1.165, 1.54) is 0 Å². The van der Waals surface area contributed by atoms with Gasteiger partial charge >= 0.3 is 17.1 Å². The van der Waals surface area contributed by atoms with Crippen LogP contribution in [0.15, 0.2) is 34.7 Å². The van der Waals surface area contributed by atoms with Gasteiger partial charge < -0.3 is 17.4 Å². The second-order valence-electron chi connectivity index (χ2n) is 10.9. The molecule has 1 unspecified atom stereocenters. The lowest BCUT2D eigenvalue weighted by atomic mass is 10.1. The molecule has 2 saturated heterocycles. The van der Waals surface area contributed by atoms with Gasteiger partial charge in [0, 0.05) is 5.39 Å². The highest BCUT2D eigenvalue weighted by atomic mass is 28.5. The highest BCUT2D eigenvalue weighted by Crippen LogP contribution is 2.47. The van der Waals surface area contributed by atoms with Gasteiger partial charge in [-0.15, -0.1) is 0 Å². The first-order valence-corrected chi connectivity index (χ1v) is 16.3. The molecule has 2 aliphatic rings. The van der Waals surface area contributed by atoms with Crippen LogP contribution in [0.5, 0.6) is 0 Å².